The van der Waals surface area contributed by atoms with Crippen LogP contribution in [0.2, 0.25) is 0 Å². The molecule has 0 aliphatic heterocycles. The number of para-hydroxylation sites is 1. The van der Waals surface area contributed by atoms with Gasteiger partial charge in [0.2, 0.25) is 0 Å². The molecule has 0 saturated carbocycles. The van der Waals surface area contributed by atoms with Gasteiger partial charge in [0.1, 0.15) is 0 Å². The molecule has 0 N–H and O–H groups in total. The molecule has 0 atom stereocenters. The third-order valence-electron chi connectivity index (χ3n) is 9.48. The van der Waals surface area contributed by atoms with Crippen LogP contribution in [0, 0.1) is 13.8 Å². The van der Waals surface area contributed by atoms with Gasteiger partial charge in [-0.3, -0.25) is 0 Å². The minimum atomic E-state index is -0.136. The summed E-state index contributed by atoms with van der Waals surface area (Å²) in [6.45, 7) is 9.20. The van der Waals surface area contributed by atoms with E-state index in [0.29, 0.717) is 0 Å². The molecule has 0 amide bonds. The van der Waals surface area contributed by atoms with Crippen LogP contribution >= 0.6 is 0 Å². The van der Waals surface area contributed by atoms with Crippen molar-refractivity contribution in [2.75, 3.05) is 4.90 Å². The van der Waals surface area contributed by atoms with Crippen molar-refractivity contribution in [3.8, 4) is 11.1 Å². The Hall–Kier alpha value is -4.88. The Balaban J connectivity index is 1.38. The fraction of sp³-hybridized carbons (Fsp3) is 0.122. The molecular formula is C41H33N. The molecule has 202 valence electrons. The Kier molecular flexibility index (Phi) is 5.37. The Bertz CT molecular complexity index is 2190. The summed E-state index contributed by atoms with van der Waals surface area (Å²) in [6.07, 6.45) is 0. The largest absolute Gasteiger partial charge is 0.310 e. The minimum absolute atomic E-state index is 0.136. The zero-order chi connectivity index (χ0) is 28.6. The summed E-state index contributed by atoms with van der Waals surface area (Å²) in [5.74, 6) is 0. The van der Waals surface area contributed by atoms with Crippen LogP contribution in [0.3, 0.4) is 0 Å². The van der Waals surface area contributed by atoms with Gasteiger partial charge in [0.25, 0.3) is 0 Å². The van der Waals surface area contributed by atoms with Crippen LogP contribution in [0.1, 0.15) is 36.1 Å². The van der Waals surface area contributed by atoms with Crippen LogP contribution in [-0.2, 0) is 5.41 Å². The van der Waals surface area contributed by atoms with Crippen LogP contribution in [0.15, 0.2) is 127 Å². The molecule has 42 heavy (non-hydrogen) atoms. The topological polar surface area (TPSA) is 3.24 Å². The molecule has 0 aromatic heterocycles. The van der Waals surface area contributed by atoms with E-state index in [0.717, 1.165) is 5.69 Å². The monoisotopic (exact) mass is 539 g/mol. The zero-order valence-electron chi connectivity index (χ0n) is 24.6. The van der Waals surface area contributed by atoms with Gasteiger partial charge in [-0.1, -0.05) is 105 Å². The Labute approximate surface area is 247 Å². The summed E-state index contributed by atoms with van der Waals surface area (Å²) >= 11 is 0. The van der Waals surface area contributed by atoms with E-state index in [1.54, 1.807) is 0 Å². The molecule has 0 saturated heterocycles. The van der Waals surface area contributed by atoms with Gasteiger partial charge in [-0.2, -0.15) is 0 Å². The summed E-state index contributed by atoms with van der Waals surface area (Å²) < 4.78 is 0. The molecule has 7 aromatic carbocycles. The summed E-state index contributed by atoms with van der Waals surface area (Å²) in [5, 5.41) is 7.98. The fourth-order valence-electron chi connectivity index (χ4n) is 7.42. The molecule has 0 fully saturated rings. The molecule has 1 nitrogen and oxygen atoms in total. The average molecular weight is 540 g/mol. The summed E-state index contributed by atoms with van der Waals surface area (Å²) in [4.78, 5) is 2.38. The van der Waals surface area contributed by atoms with Gasteiger partial charge in [-0.25, -0.2) is 0 Å². The van der Waals surface area contributed by atoms with E-state index >= 15 is 0 Å². The number of nitrogens with zero attached hydrogens (tertiary/aromatic N) is 1. The molecule has 0 spiro atoms. The summed E-state index contributed by atoms with van der Waals surface area (Å²) in [7, 11) is 0. The minimum Gasteiger partial charge on any atom is -0.310 e. The Morgan fingerprint density at radius 1 is 0.452 bits per heavy atom. The van der Waals surface area contributed by atoms with E-state index in [9.17, 15) is 0 Å². The first-order chi connectivity index (χ1) is 20.4. The third kappa shape index (κ3) is 3.50. The number of rotatable bonds is 3. The second-order valence-electron chi connectivity index (χ2n) is 12.3. The van der Waals surface area contributed by atoms with E-state index in [1.807, 2.05) is 0 Å². The van der Waals surface area contributed by atoms with Crippen molar-refractivity contribution in [1.29, 1.82) is 0 Å². The van der Waals surface area contributed by atoms with Crippen molar-refractivity contribution >= 4 is 49.4 Å². The number of hydrogen-bond acceptors (Lipinski definition) is 1. The van der Waals surface area contributed by atoms with Crippen LogP contribution in [-0.4, -0.2) is 0 Å². The summed E-state index contributed by atoms with van der Waals surface area (Å²) in [6, 6.07) is 47.1. The maximum Gasteiger partial charge on any atom is 0.0468 e. The van der Waals surface area contributed by atoms with Crippen molar-refractivity contribution in [3.05, 3.63) is 150 Å². The molecule has 7 aromatic rings. The lowest BCUT2D eigenvalue weighted by molar-refractivity contribution is 0.672. The maximum absolute atomic E-state index is 2.41. The van der Waals surface area contributed by atoms with Gasteiger partial charge in [-0.05, 0) is 116 Å². The van der Waals surface area contributed by atoms with E-state index < -0.39 is 0 Å². The standard InChI is InChI=1S/C41H33N/c1-26-18-20-30(24-27(26)2)42(29-12-6-5-7-13-29)31-21-23-32-28(25-31)19-22-37-38-35-16-10-8-14-33(35)34-15-9-11-17-36(34)40(38)41(3,4)39(32)37/h5-25H,1-4H3. The summed E-state index contributed by atoms with van der Waals surface area (Å²) in [5.41, 5.74) is 11.6. The van der Waals surface area contributed by atoms with Crippen molar-refractivity contribution in [3.63, 3.8) is 0 Å². The number of benzene rings is 7. The lowest BCUT2D eigenvalue weighted by Crippen LogP contribution is -2.16. The molecule has 0 bridgehead atoms. The van der Waals surface area contributed by atoms with Crippen LogP contribution < -0.4 is 4.90 Å². The molecule has 1 heteroatoms. The van der Waals surface area contributed by atoms with E-state index in [2.05, 4.69) is 160 Å². The molecular weight excluding hydrogens is 506 g/mol. The van der Waals surface area contributed by atoms with E-state index in [4.69, 9.17) is 0 Å². The highest BCUT2D eigenvalue weighted by Crippen LogP contribution is 2.56. The van der Waals surface area contributed by atoms with Gasteiger partial charge in [0.15, 0.2) is 0 Å². The second-order valence-corrected chi connectivity index (χ2v) is 12.3. The molecule has 1 aliphatic rings. The third-order valence-corrected chi connectivity index (χ3v) is 9.48. The van der Waals surface area contributed by atoms with Gasteiger partial charge in [-0.15, -0.1) is 0 Å². The SMILES string of the molecule is Cc1ccc(N(c2ccccc2)c2ccc3c4c(ccc3c2)-c2c(c3ccccc3c3ccccc23)C4(C)C)cc1C. The van der Waals surface area contributed by atoms with E-state index in [-0.39, 0.29) is 5.41 Å². The van der Waals surface area contributed by atoms with Crippen LogP contribution in [0.5, 0.6) is 0 Å². The molecule has 0 heterocycles. The van der Waals surface area contributed by atoms with Crippen LogP contribution in [0.25, 0.3) is 43.4 Å². The maximum atomic E-state index is 2.41. The first-order valence-electron chi connectivity index (χ1n) is 14.9. The van der Waals surface area contributed by atoms with Gasteiger partial charge < -0.3 is 4.90 Å². The number of aryl methyl sites for hydroxylation is 2. The lowest BCUT2D eigenvalue weighted by atomic mass is 9.78. The zero-order valence-corrected chi connectivity index (χ0v) is 24.6. The average Bonchev–Trinajstić information content (AvgIpc) is 3.27. The van der Waals surface area contributed by atoms with Crippen LogP contribution in [0.4, 0.5) is 17.1 Å². The number of fused-ring (bicyclic) bond motifs is 10. The highest BCUT2D eigenvalue weighted by Gasteiger charge is 2.39. The van der Waals surface area contributed by atoms with E-state index in [1.165, 1.54) is 77.1 Å². The highest BCUT2D eigenvalue weighted by atomic mass is 15.1. The van der Waals surface area contributed by atoms with Gasteiger partial charge >= 0.3 is 0 Å². The smallest absolute Gasteiger partial charge is 0.0468 e. The predicted molar refractivity (Wildman–Crippen MR) is 181 cm³/mol. The molecule has 1 aliphatic carbocycles. The first kappa shape index (κ1) is 24.9. The second kappa shape index (κ2) is 9.06. The Morgan fingerprint density at radius 2 is 1.07 bits per heavy atom. The number of anilines is 3. The fourth-order valence-corrected chi connectivity index (χ4v) is 7.42. The molecule has 8 rings (SSSR count). The Morgan fingerprint density at radius 3 is 1.81 bits per heavy atom. The first-order valence-corrected chi connectivity index (χ1v) is 14.9. The number of hydrogen-bond donors (Lipinski definition) is 0. The van der Waals surface area contributed by atoms with Gasteiger partial charge in [0.05, 0.1) is 0 Å². The van der Waals surface area contributed by atoms with Crippen molar-refractivity contribution in [2.24, 2.45) is 0 Å². The quantitative estimate of drug-likeness (QED) is 0.202. The molecule has 0 radical (unpaired) electrons. The predicted octanol–water partition coefficient (Wildman–Crippen LogP) is 11.5. The molecule has 0 unspecified atom stereocenters. The van der Waals surface area contributed by atoms with Gasteiger partial charge in [0, 0.05) is 22.5 Å². The normalized spacial score (nSPS) is 13.4. The lowest BCUT2D eigenvalue weighted by Gasteiger charge is -2.28. The van der Waals surface area contributed by atoms with Crippen molar-refractivity contribution in [2.45, 2.75) is 33.1 Å². The van der Waals surface area contributed by atoms with Crippen molar-refractivity contribution in [1.82, 2.24) is 0 Å². The highest BCUT2D eigenvalue weighted by molar-refractivity contribution is 6.19. The van der Waals surface area contributed by atoms with Crippen molar-refractivity contribution < 1.29 is 0 Å².